The fourth-order valence-corrected chi connectivity index (χ4v) is 5.46. The highest BCUT2D eigenvalue weighted by Crippen LogP contribution is 2.30. The van der Waals surface area contributed by atoms with Gasteiger partial charge in [0.1, 0.15) is 0 Å². The lowest BCUT2D eigenvalue weighted by molar-refractivity contribution is -0.118. The van der Waals surface area contributed by atoms with E-state index >= 15 is 0 Å². The molecule has 0 saturated heterocycles. The molecular weight excluding hydrogens is 398 g/mol. The van der Waals surface area contributed by atoms with Crippen molar-refractivity contribution in [3.63, 3.8) is 0 Å². The van der Waals surface area contributed by atoms with Crippen molar-refractivity contribution in [1.29, 1.82) is 0 Å². The van der Waals surface area contributed by atoms with Crippen molar-refractivity contribution in [2.75, 3.05) is 31.1 Å². The number of rotatable bonds is 7. The van der Waals surface area contributed by atoms with Crippen molar-refractivity contribution < 1.29 is 13.2 Å². The van der Waals surface area contributed by atoms with Gasteiger partial charge < -0.3 is 4.90 Å². The summed E-state index contributed by atoms with van der Waals surface area (Å²) in [5, 5.41) is 0. The third kappa shape index (κ3) is 4.43. The van der Waals surface area contributed by atoms with Gasteiger partial charge in [0.15, 0.2) is 0 Å². The van der Waals surface area contributed by atoms with Gasteiger partial charge in [-0.3, -0.25) is 9.69 Å². The number of hydrogen-bond acceptors (Lipinski definition) is 4. The van der Waals surface area contributed by atoms with Crippen molar-refractivity contribution in [2.24, 2.45) is 0 Å². The fraction of sp³-hybridized carbons (Fsp3) is 0.435. The van der Waals surface area contributed by atoms with Crippen molar-refractivity contribution >= 4 is 21.6 Å². The largest absolute Gasteiger partial charge is 0.312 e. The molecule has 0 spiro atoms. The lowest BCUT2D eigenvalue weighted by Gasteiger charge is -2.28. The van der Waals surface area contributed by atoms with Gasteiger partial charge in [0.2, 0.25) is 15.9 Å². The monoisotopic (exact) mass is 427 g/mol. The number of amides is 1. The molecule has 2 aromatic rings. The van der Waals surface area contributed by atoms with E-state index in [1.54, 1.807) is 23.1 Å². The van der Waals surface area contributed by atoms with Gasteiger partial charge >= 0.3 is 0 Å². The molecule has 0 bridgehead atoms. The number of fused-ring (bicyclic) bond motifs is 2. The number of hydrogen-bond donors (Lipinski definition) is 1. The van der Waals surface area contributed by atoms with Crippen LogP contribution in [0.3, 0.4) is 0 Å². The zero-order chi connectivity index (χ0) is 21.1. The van der Waals surface area contributed by atoms with Gasteiger partial charge in [0.05, 0.1) is 4.90 Å². The first-order chi connectivity index (χ1) is 14.5. The smallest absolute Gasteiger partial charge is 0.240 e. The van der Waals surface area contributed by atoms with Gasteiger partial charge in [-0.15, -0.1) is 0 Å². The maximum Gasteiger partial charge on any atom is 0.240 e. The summed E-state index contributed by atoms with van der Waals surface area (Å²) in [5.41, 5.74) is 4.56. The predicted molar refractivity (Wildman–Crippen MR) is 118 cm³/mol. The topological polar surface area (TPSA) is 69.7 Å². The van der Waals surface area contributed by atoms with Crippen LogP contribution in [0.5, 0.6) is 0 Å². The molecule has 6 nitrogen and oxygen atoms in total. The molecule has 0 saturated carbocycles. The molecule has 0 radical (unpaired) electrons. The molecule has 1 N–H and O–H groups in total. The van der Waals surface area contributed by atoms with Gasteiger partial charge in [0.25, 0.3) is 0 Å². The SMILES string of the molecule is CCC(=O)N1CCc2cc(S(=O)(=O)NCCCN3CCc4ccccc4C3)ccc21. The summed E-state index contributed by atoms with van der Waals surface area (Å²) in [6, 6.07) is 13.6. The second-order valence-electron chi connectivity index (χ2n) is 7.99. The Morgan fingerprint density at radius 3 is 2.60 bits per heavy atom. The molecule has 0 unspecified atom stereocenters. The first kappa shape index (κ1) is 21.0. The minimum absolute atomic E-state index is 0.0721. The Hall–Kier alpha value is -2.22. The highest BCUT2D eigenvalue weighted by atomic mass is 32.2. The molecule has 0 fully saturated rings. The minimum atomic E-state index is -3.55. The first-order valence-corrected chi connectivity index (χ1v) is 12.2. The van der Waals surface area contributed by atoms with E-state index in [0.29, 0.717) is 25.9 Å². The number of carbonyl (C=O) groups excluding carboxylic acids is 1. The maximum absolute atomic E-state index is 12.7. The summed E-state index contributed by atoms with van der Waals surface area (Å²) < 4.78 is 28.2. The van der Waals surface area contributed by atoms with E-state index in [4.69, 9.17) is 0 Å². The van der Waals surface area contributed by atoms with Crippen LogP contribution in [0.15, 0.2) is 47.4 Å². The highest BCUT2D eigenvalue weighted by molar-refractivity contribution is 7.89. The van der Waals surface area contributed by atoms with Crippen LogP contribution in [0.4, 0.5) is 5.69 Å². The average molecular weight is 428 g/mol. The van der Waals surface area contributed by atoms with E-state index in [-0.39, 0.29) is 10.8 Å². The van der Waals surface area contributed by atoms with E-state index < -0.39 is 10.0 Å². The molecule has 0 atom stereocenters. The van der Waals surface area contributed by atoms with E-state index in [1.165, 1.54) is 11.1 Å². The van der Waals surface area contributed by atoms with Gasteiger partial charge in [-0.2, -0.15) is 0 Å². The summed E-state index contributed by atoms with van der Waals surface area (Å²) in [6.45, 7) is 5.69. The summed E-state index contributed by atoms with van der Waals surface area (Å²) >= 11 is 0. The van der Waals surface area contributed by atoms with Crippen LogP contribution in [0, 0.1) is 0 Å². The second-order valence-corrected chi connectivity index (χ2v) is 9.75. The Bertz CT molecular complexity index is 1040. The highest BCUT2D eigenvalue weighted by Gasteiger charge is 2.25. The van der Waals surface area contributed by atoms with E-state index in [1.807, 2.05) is 6.92 Å². The number of nitrogens with one attached hydrogen (secondary N) is 1. The van der Waals surface area contributed by atoms with Crippen LogP contribution in [0.2, 0.25) is 0 Å². The van der Waals surface area contributed by atoms with Crippen molar-refractivity contribution in [3.05, 3.63) is 59.2 Å². The Balaban J connectivity index is 1.31. The van der Waals surface area contributed by atoms with Crippen molar-refractivity contribution in [1.82, 2.24) is 9.62 Å². The third-order valence-corrected chi connectivity index (χ3v) is 7.47. The molecule has 30 heavy (non-hydrogen) atoms. The zero-order valence-electron chi connectivity index (χ0n) is 17.4. The number of sulfonamides is 1. The van der Waals surface area contributed by atoms with E-state index in [9.17, 15) is 13.2 Å². The van der Waals surface area contributed by atoms with Crippen LogP contribution in [-0.4, -0.2) is 45.4 Å². The molecule has 0 aromatic heterocycles. The summed E-state index contributed by atoms with van der Waals surface area (Å²) in [6.07, 6.45) is 2.96. The second kappa shape index (κ2) is 8.88. The van der Waals surface area contributed by atoms with Crippen LogP contribution in [-0.2, 0) is 34.2 Å². The standard InChI is InChI=1S/C23H29N3O3S/c1-2-23(27)26-15-11-19-16-21(8-9-22(19)26)30(28,29)24-12-5-13-25-14-10-18-6-3-4-7-20(18)17-25/h3-4,6-9,16,24H,2,5,10-15,17H2,1H3. The van der Waals surface area contributed by atoms with Crippen molar-refractivity contribution in [3.8, 4) is 0 Å². The van der Waals surface area contributed by atoms with E-state index in [0.717, 1.165) is 43.7 Å². The molecule has 160 valence electrons. The van der Waals surface area contributed by atoms with Gasteiger partial charge in [-0.1, -0.05) is 31.2 Å². The Morgan fingerprint density at radius 1 is 1.03 bits per heavy atom. The third-order valence-electron chi connectivity index (χ3n) is 6.01. The summed E-state index contributed by atoms with van der Waals surface area (Å²) in [7, 11) is -3.55. The fourth-order valence-electron chi connectivity index (χ4n) is 4.33. The summed E-state index contributed by atoms with van der Waals surface area (Å²) in [4.78, 5) is 16.4. The Kier molecular flexibility index (Phi) is 6.22. The molecule has 2 aliphatic heterocycles. The van der Waals surface area contributed by atoms with Crippen LogP contribution < -0.4 is 9.62 Å². The molecule has 2 heterocycles. The number of nitrogens with zero attached hydrogens (tertiary/aromatic N) is 2. The van der Waals surface area contributed by atoms with Crippen molar-refractivity contribution in [2.45, 2.75) is 44.0 Å². The number of carbonyl (C=O) groups is 1. The number of benzene rings is 2. The number of anilines is 1. The molecule has 1 amide bonds. The summed E-state index contributed by atoms with van der Waals surface area (Å²) in [5.74, 6) is 0.0721. The minimum Gasteiger partial charge on any atom is -0.312 e. The van der Waals surface area contributed by atoms with Gasteiger partial charge in [0, 0.05) is 38.3 Å². The van der Waals surface area contributed by atoms with Crippen LogP contribution in [0.25, 0.3) is 0 Å². The molecule has 7 heteroatoms. The Labute approximate surface area is 178 Å². The molecule has 2 aliphatic rings. The van der Waals surface area contributed by atoms with Gasteiger partial charge in [-0.05, 0) is 60.7 Å². The molecular formula is C23H29N3O3S. The average Bonchev–Trinajstić information content (AvgIpc) is 3.19. The lowest BCUT2D eigenvalue weighted by atomic mass is 10.00. The predicted octanol–water partition coefficient (Wildman–Crippen LogP) is 2.71. The zero-order valence-corrected chi connectivity index (χ0v) is 18.2. The lowest BCUT2D eigenvalue weighted by Crippen LogP contribution is -2.33. The van der Waals surface area contributed by atoms with Crippen LogP contribution >= 0.6 is 0 Å². The molecule has 2 aromatic carbocycles. The van der Waals surface area contributed by atoms with Crippen LogP contribution in [0.1, 0.15) is 36.5 Å². The molecule has 4 rings (SSSR count). The molecule has 0 aliphatic carbocycles. The van der Waals surface area contributed by atoms with Gasteiger partial charge in [-0.25, -0.2) is 13.1 Å². The van der Waals surface area contributed by atoms with E-state index in [2.05, 4.69) is 33.9 Å². The maximum atomic E-state index is 12.7. The normalized spacial score (nSPS) is 16.4. The Morgan fingerprint density at radius 2 is 1.80 bits per heavy atom. The first-order valence-electron chi connectivity index (χ1n) is 10.7. The quantitative estimate of drug-likeness (QED) is 0.690.